The van der Waals surface area contributed by atoms with Crippen LogP contribution in [-0.4, -0.2) is 65.4 Å². The molecular formula is C33H33ClF2N4O5. The number of aliphatic hydroxyl groups is 1. The molecule has 1 aliphatic heterocycles. The second-order valence-corrected chi connectivity index (χ2v) is 12.5. The summed E-state index contributed by atoms with van der Waals surface area (Å²) in [5.74, 6) is 3.97. The van der Waals surface area contributed by atoms with E-state index in [4.69, 9.17) is 21.3 Å². The van der Waals surface area contributed by atoms with Crippen molar-refractivity contribution in [3.05, 3.63) is 76.1 Å². The number of carboxylic acid groups (broad SMARTS) is 1. The number of aromatic hydroxyl groups is 1. The molecule has 45 heavy (non-hydrogen) atoms. The molecule has 2 aromatic heterocycles. The highest BCUT2D eigenvalue weighted by Crippen LogP contribution is 2.42. The summed E-state index contributed by atoms with van der Waals surface area (Å²) >= 11 is 6.44. The standard InChI is InChI=1S/C33H33ClF2N4O5/c1-32(2,3)40(31(42)43)26(17-19-15-20(35)18-21(36)16-19)28-23(24-7-8-25(34)27-29(24)39(4)38-30(27)41)6-5-22(37-28)9-10-33(44)11-13-45-14-12-33/h5-8,15-16,18,26,44H,11-14,17H2,1-4H3,(H,38,41)(H,42,43)/t26-/m0/s1. The average molecular weight is 639 g/mol. The van der Waals surface area contributed by atoms with Crippen LogP contribution >= 0.6 is 11.6 Å². The van der Waals surface area contributed by atoms with E-state index in [2.05, 4.69) is 16.9 Å². The number of carbonyl (C=O) groups is 1. The number of hydrogen-bond acceptors (Lipinski definition) is 6. The highest BCUT2D eigenvalue weighted by Gasteiger charge is 2.37. The maximum Gasteiger partial charge on any atom is 0.408 e. The van der Waals surface area contributed by atoms with E-state index in [1.54, 1.807) is 52.1 Å². The van der Waals surface area contributed by atoms with E-state index in [0.717, 1.165) is 18.2 Å². The predicted octanol–water partition coefficient (Wildman–Crippen LogP) is 6.23. The van der Waals surface area contributed by atoms with Gasteiger partial charge in [0.2, 0.25) is 5.88 Å². The van der Waals surface area contributed by atoms with Crippen molar-refractivity contribution in [2.75, 3.05) is 13.2 Å². The molecule has 1 aliphatic rings. The molecule has 5 rings (SSSR count). The third-order valence-corrected chi connectivity index (χ3v) is 8.10. The molecule has 1 fully saturated rings. The number of fused-ring (bicyclic) bond motifs is 1. The lowest BCUT2D eigenvalue weighted by molar-refractivity contribution is -0.0262. The van der Waals surface area contributed by atoms with Crippen LogP contribution in [0.5, 0.6) is 5.88 Å². The van der Waals surface area contributed by atoms with Crippen molar-refractivity contribution >= 4 is 28.6 Å². The quantitative estimate of drug-likeness (QED) is 0.222. The number of aryl methyl sites for hydroxylation is 1. The Balaban J connectivity index is 1.80. The van der Waals surface area contributed by atoms with Crippen molar-refractivity contribution in [3.8, 4) is 28.8 Å². The Kier molecular flexibility index (Phi) is 8.77. The second kappa shape index (κ2) is 12.3. The van der Waals surface area contributed by atoms with Gasteiger partial charge in [0.05, 0.1) is 40.9 Å². The normalized spacial score (nSPS) is 15.4. The number of benzene rings is 2. The fourth-order valence-electron chi connectivity index (χ4n) is 5.77. The molecular weight excluding hydrogens is 606 g/mol. The molecule has 2 aromatic carbocycles. The highest BCUT2D eigenvalue weighted by molar-refractivity contribution is 6.36. The molecule has 4 aromatic rings. The van der Waals surface area contributed by atoms with Gasteiger partial charge in [-0.25, -0.2) is 18.6 Å². The third-order valence-electron chi connectivity index (χ3n) is 7.78. The fraction of sp³-hybridized carbons (Fsp3) is 0.364. The van der Waals surface area contributed by atoms with Crippen LogP contribution in [-0.2, 0) is 18.2 Å². The van der Waals surface area contributed by atoms with E-state index in [-0.39, 0.29) is 34.3 Å². The Morgan fingerprint density at radius 1 is 1.13 bits per heavy atom. The Hall–Kier alpha value is -4.24. The summed E-state index contributed by atoms with van der Waals surface area (Å²) in [5, 5.41) is 36.7. The summed E-state index contributed by atoms with van der Waals surface area (Å²) < 4.78 is 35.6. The zero-order valence-corrected chi connectivity index (χ0v) is 26.0. The van der Waals surface area contributed by atoms with Crippen molar-refractivity contribution in [2.45, 2.75) is 57.2 Å². The SMILES string of the molecule is Cn1nc(O)c2c(Cl)ccc(-c3ccc(C#CC4(O)CCOCC4)nc3[C@H](Cc3cc(F)cc(F)c3)N(C(=O)O)C(C)(C)C)c21. The average Bonchev–Trinajstić information content (AvgIpc) is 3.25. The minimum atomic E-state index is -1.27. The molecule has 0 saturated carbocycles. The predicted molar refractivity (Wildman–Crippen MR) is 165 cm³/mol. The van der Waals surface area contributed by atoms with Gasteiger partial charge in [0, 0.05) is 42.6 Å². The number of ether oxygens (including phenoxy) is 1. The van der Waals surface area contributed by atoms with Crippen molar-refractivity contribution in [1.29, 1.82) is 0 Å². The van der Waals surface area contributed by atoms with Gasteiger partial charge < -0.3 is 20.1 Å². The lowest BCUT2D eigenvalue weighted by atomic mass is 9.90. The maximum absolute atomic E-state index is 14.4. The Labute approximate surface area is 264 Å². The second-order valence-electron chi connectivity index (χ2n) is 12.1. The molecule has 236 valence electrons. The Morgan fingerprint density at radius 2 is 1.78 bits per heavy atom. The minimum Gasteiger partial charge on any atom is -0.492 e. The van der Waals surface area contributed by atoms with Crippen LogP contribution in [0.2, 0.25) is 5.02 Å². The molecule has 1 saturated heterocycles. The third kappa shape index (κ3) is 6.73. The van der Waals surface area contributed by atoms with Crippen molar-refractivity contribution in [3.63, 3.8) is 0 Å². The van der Waals surface area contributed by atoms with Gasteiger partial charge in [-0.1, -0.05) is 23.6 Å². The molecule has 1 amide bonds. The first kappa shape index (κ1) is 32.2. The van der Waals surface area contributed by atoms with E-state index in [1.165, 1.54) is 9.58 Å². The van der Waals surface area contributed by atoms with Gasteiger partial charge in [-0.3, -0.25) is 9.58 Å². The monoisotopic (exact) mass is 638 g/mol. The first-order valence-electron chi connectivity index (χ1n) is 14.3. The molecule has 9 nitrogen and oxygen atoms in total. The summed E-state index contributed by atoms with van der Waals surface area (Å²) in [4.78, 5) is 19.0. The van der Waals surface area contributed by atoms with E-state index in [1.807, 2.05) is 0 Å². The van der Waals surface area contributed by atoms with Gasteiger partial charge >= 0.3 is 6.09 Å². The summed E-state index contributed by atoms with van der Waals surface area (Å²) in [6.07, 6.45) is -0.765. The van der Waals surface area contributed by atoms with Crippen LogP contribution in [0.15, 0.2) is 42.5 Å². The van der Waals surface area contributed by atoms with Crippen LogP contribution < -0.4 is 0 Å². The number of amides is 1. The summed E-state index contributed by atoms with van der Waals surface area (Å²) in [6, 6.07) is 8.65. The molecule has 1 atom stereocenters. The lowest BCUT2D eigenvalue weighted by Gasteiger charge is -2.40. The van der Waals surface area contributed by atoms with Crippen molar-refractivity contribution in [1.82, 2.24) is 19.7 Å². The molecule has 12 heteroatoms. The highest BCUT2D eigenvalue weighted by atomic mass is 35.5. The first-order chi connectivity index (χ1) is 21.2. The molecule has 0 spiro atoms. The number of hydrogen-bond donors (Lipinski definition) is 3. The van der Waals surface area contributed by atoms with Crippen LogP contribution in [0.4, 0.5) is 13.6 Å². The maximum atomic E-state index is 14.4. The Morgan fingerprint density at radius 3 is 2.40 bits per heavy atom. The van der Waals surface area contributed by atoms with Gasteiger partial charge in [-0.2, -0.15) is 0 Å². The lowest BCUT2D eigenvalue weighted by Crippen LogP contribution is -2.48. The number of halogens is 3. The molecule has 0 unspecified atom stereocenters. The first-order valence-corrected chi connectivity index (χ1v) is 14.7. The number of pyridine rings is 1. The number of rotatable bonds is 5. The Bertz CT molecular complexity index is 1820. The van der Waals surface area contributed by atoms with Crippen LogP contribution in [0.25, 0.3) is 22.0 Å². The topological polar surface area (TPSA) is 121 Å². The zero-order valence-electron chi connectivity index (χ0n) is 25.2. The molecule has 0 radical (unpaired) electrons. The molecule has 0 aliphatic carbocycles. The summed E-state index contributed by atoms with van der Waals surface area (Å²) in [7, 11) is 1.63. The van der Waals surface area contributed by atoms with Gasteiger partial charge in [0.1, 0.15) is 22.9 Å². The molecule has 3 heterocycles. The zero-order chi connectivity index (χ0) is 32.7. The van der Waals surface area contributed by atoms with E-state index < -0.39 is 34.9 Å². The largest absolute Gasteiger partial charge is 0.492 e. The van der Waals surface area contributed by atoms with Crippen molar-refractivity contribution in [2.24, 2.45) is 7.05 Å². The molecule has 3 N–H and O–H groups in total. The minimum absolute atomic E-state index is 0.135. The van der Waals surface area contributed by atoms with Gasteiger partial charge in [0.25, 0.3) is 0 Å². The molecule has 0 bridgehead atoms. The van der Waals surface area contributed by atoms with E-state index >= 15 is 0 Å². The summed E-state index contributed by atoms with van der Waals surface area (Å²) in [6.45, 7) is 5.86. The number of aromatic nitrogens is 3. The van der Waals surface area contributed by atoms with E-state index in [9.17, 15) is 28.9 Å². The van der Waals surface area contributed by atoms with Gasteiger partial charge in [0.15, 0.2) is 0 Å². The van der Waals surface area contributed by atoms with Gasteiger partial charge in [-0.05, 0) is 69.0 Å². The van der Waals surface area contributed by atoms with Crippen molar-refractivity contribution < 1.29 is 33.6 Å². The fourth-order valence-corrected chi connectivity index (χ4v) is 6.00. The number of nitrogens with zero attached hydrogens (tertiary/aromatic N) is 4. The smallest absolute Gasteiger partial charge is 0.408 e. The van der Waals surface area contributed by atoms with Crippen LogP contribution in [0.1, 0.15) is 56.6 Å². The van der Waals surface area contributed by atoms with Crippen LogP contribution in [0.3, 0.4) is 0 Å². The van der Waals surface area contributed by atoms with E-state index in [0.29, 0.717) is 48.1 Å². The van der Waals surface area contributed by atoms with Gasteiger partial charge in [-0.15, -0.1) is 5.10 Å². The summed E-state index contributed by atoms with van der Waals surface area (Å²) in [5.41, 5.74) is -0.0879. The van der Waals surface area contributed by atoms with Crippen LogP contribution in [0, 0.1) is 23.5 Å².